The first-order valence-corrected chi connectivity index (χ1v) is 7.27. The number of benzene rings is 1. The van der Waals surface area contributed by atoms with Crippen molar-refractivity contribution in [2.24, 2.45) is 0 Å². The molecule has 0 aliphatic heterocycles. The van der Waals surface area contributed by atoms with Crippen LogP contribution in [0, 0.1) is 3.57 Å². The minimum Gasteiger partial charge on any atom is -0.378 e. The van der Waals surface area contributed by atoms with Crippen LogP contribution in [0.1, 0.15) is 12.7 Å². The van der Waals surface area contributed by atoms with Crippen LogP contribution in [0.3, 0.4) is 0 Å². The van der Waals surface area contributed by atoms with Crippen molar-refractivity contribution in [3.05, 3.63) is 44.5 Å². The maximum absolute atomic E-state index is 4.33. The minimum atomic E-state index is 0.749. The van der Waals surface area contributed by atoms with Gasteiger partial charge in [0.25, 0.3) is 0 Å². The summed E-state index contributed by atoms with van der Waals surface area (Å²) in [4.78, 5) is 4.33. The van der Waals surface area contributed by atoms with E-state index in [0.29, 0.717) is 0 Å². The number of hydrogen-bond acceptors (Lipinski definition) is 2. The van der Waals surface area contributed by atoms with Crippen molar-refractivity contribution in [1.29, 1.82) is 0 Å². The van der Waals surface area contributed by atoms with E-state index >= 15 is 0 Å². The van der Waals surface area contributed by atoms with Gasteiger partial charge in [-0.3, -0.25) is 0 Å². The number of aromatic nitrogens is 2. The van der Waals surface area contributed by atoms with Crippen LogP contribution in [0.5, 0.6) is 0 Å². The van der Waals surface area contributed by atoms with Gasteiger partial charge in [0.15, 0.2) is 0 Å². The van der Waals surface area contributed by atoms with E-state index in [1.165, 1.54) is 3.57 Å². The molecular weight excluding hydrogens is 393 g/mol. The molecule has 0 aliphatic rings. The van der Waals surface area contributed by atoms with Crippen LogP contribution in [0.2, 0.25) is 0 Å². The number of anilines is 1. The Labute approximate surface area is 123 Å². The fraction of sp³-hybridized carbons (Fsp3) is 0.250. The molecule has 90 valence electrons. The van der Waals surface area contributed by atoms with E-state index in [9.17, 15) is 0 Å². The van der Waals surface area contributed by atoms with Gasteiger partial charge in [-0.05, 0) is 63.6 Å². The zero-order valence-corrected chi connectivity index (χ0v) is 13.2. The standard InChI is InChI=1S/C12H13BrIN3/c1-2-17-6-5-15-12(17)8-16-9-3-4-10(13)11(14)7-9/h3-7,16H,2,8H2,1H3. The van der Waals surface area contributed by atoms with Crippen LogP contribution < -0.4 is 5.32 Å². The summed E-state index contributed by atoms with van der Waals surface area (Å²) < 4.78 is 4.46. The molecule has 1 aromatic heterocycles. The van der Waals surface area contributed by atoms with E-state index in [4.69, 9.17) is 0 Å². The third-order valence-corrected chi connectivity index (χ3v) is 4.84. The molecule has 0 spiro atoms. The van der Waals surface area contributed by atoms with Crippen LogP contribution in [0.15, 0.2) is 35.1 Å². The first-order valence-electron chi connectivity index (χ1n) is 5.39. The van der Waals surface area contributed by atoms with Crippen LogP contribution in [-0.2, 0) is 13.1 Å². The van der Waals surface area contributed by atoms with E-state index in [1.54, 1.807) is 0 Å². The zero-order valence-electron chi connectivity index (χ0n) is 9.45. The zero-order chi connectivity index (χ0) is 12.3. The van der Waals surface area contributed by atoms with Gasteiger partial charge in [-0.1, -0.05) is 0 Å². The van der Waals surface area contributed by atoms with Gasteiger partial charge in [0.1, 0.15) is 5.82 Å². The first-order chi connectivity index (χ1) is 8.20. The van der Waals surface area contributed by atoms with E-state index in [1.807, 2.05) is 12.4 Å². The highest BCUT2D eigenvalue weighted by atomic mass is 127. The molecule has 2 rings (SSSR count). The fourth-order valence-electron chi connectivity index (χ4n) is 1.58. The Morgan fingerprint density at radius 1 is 1.47 bits per heavy atom. The van der Waals surface area contributed by atoms with Crippen molar-refractivity contribution in [2.45, 2.75) is 20.0 Å². The second-order valence-electron chi connectivity index (χ2n) is 3.61. The predicted molar refractivity (Wildman–Crippen MR) is 82.1 cm³/mol. The van der Waals surface area contributed by atoms with Gasteiger partial charge in [0.05, 0.1) is 6.54 Å². The van der Waals surface area contributed by atoms with Crippen molar-refractivity contribution in [1.82, 2.24) is 9.55 Å². The Balaban J connectivity index is 2.05. The molecule has 0 radical (unpaired) electrons. The number of nitrogens with zero attached hydrogens (tertiary/aromatic N) is 2. The minimum absolute atomic E-state index is 0.749. The lowest BCUT2D eigenvalue weighted by Gasteiger charge is -2.08. The monoisotopic (exact) mass is 405 g/mol. The third-order valence-electron chi connectivity index (χ3n) is 2.51. The van der Waals surface area contributed by atoms with Crippen molar-refractivity contribution < 1.29 is 0 Å². The summed E-state index contributed by atoms with van der Waals surface area (Å²) in [5.74, 6) is 1.06. The molecule has 0 fully saturated rings. The van der Waals surface area contributed by atoms with Crippen LogP contribution in [0.4, 0.5) is 5.69 Å². The van der Waals surface area contributed by atoms with E-state index < -0.39 is 0 Å². The average molecular weight is 406 g/mol. The summed E-state index contributed by atoms with van der Waals surface area (Å²) in [6, 6.07) is 6.23. The molecule has 17 heavy (non-hydrogen) atoms. The summed E-state index contributed by atoms with van der Waals surface area (Å²) >= 11 is 5.80. The molecule has 0 saturated heterocycles. The molecule has 1 heterocycles. The van der Waals surface area contributed by atoms with E-state index in [2.05, 4.69) is 78.5 Å². The van der Waals surface area contributed by atoms with Gasteiger partial charge in [-0.25, -0.2) is 4.98 Å². The van der Waals surface area contributed by atoms with Gasteiger partial charge in [-0.15, -0.1) is 0 Å². The summed E-state index contributed by atoms with van der Waals surface area (Å²) in [5, 5.41) is 3.38. The van der Waals surface area contributed by atoms with Crippen molar-refractivity contribution >= 4 is 44.2 Å². The third kappa shape index (κ3) is 3.22. The molecule has 0 bridgehead atoms. The van der Waals surface area contributed by atoms with Gasteiger partial charge in [0.2, 0.25) is 0 Å². The largest absolute Gasteiger partial charge is 0.378 e. The molecule has 0 unspecified atom stereocenters. The number of hydrogen-bond donors (Lipinski definition) is 1. The SMILES string of the molecule is CCn1ccnc1CNc1ccc(Br)c(I)c1. The molecule has 0 atom stereocenters. The van der Waals surface area contributed by atoms with Crippen LogP contribution >= 0.6 is 38.5 Å². The molecule has 0 aliphatic carbocycles. The number of aryl methyl sites for hydroxylation is 1. The fourth-order valence-corrected chi connectivity index (χ4v) is 2.34. The predicted octanol–water partition coefficient (Wildman–Crippen LogP) is 3.88. The second-order valence-corrected chi connectivity index (χ2v) is 5.63. The molecule has 1 aromatic carbocycles. The Morgan fingerprint density at radius 2 is 2.29 bits per heavy atom. The lowest BCUT2D eigenvalue weighted by molar-refractivity contribution is 0.708. The normalized spacial score (nSPS) is 10.5. The Bertz CT molecular complexity index is 510. The number of rotatable bonds is 4. The summed E-state index contributed by atoms with van der Waals surface area (Å²) in [5.41, 5.74) is 1.11. The number of nitrogens with one attached hydrogen (secondary N) is 1. The second kappa shape index (κ2) is 5.86. The van der Waals surface area contributed by atoms with Gasteiger partial charge in [-0.2, -0.15) is 0 Å². The van der Waals surface area contributed by atoms with Crippen molar-refractivity contribution in [2.75, 3.05) is 5.32 Å². The molecular formula is C12H13BrIN3. The summed E-state index contributed by atoms with van der Waals surface area (Å²) in [6.07, 6.45) is 3.84. The molecule has 0 amide bonds. The maximum atomic E-state index is 4.33. The van der Waals surface area contributed by atoms with Gasteiger partial charge < -0.3 is 9.88 Å². The average Bonchev–Trinajstić information content (AvgIpc) is 2.78. The molecule has 5 heteroatoms. The quantitative estimate of drug-likeness (QED) is 0.782. The molecule has 1 N–H and O–H groups in total. The van der Waals surface area contributed by atoms with E-state index in [-0.39, 0.29) is 0 Å². The number of imidazole rings is 1. The first kappa shape index (κ1) is 12.9. The number of halogens is 2. The van der Waals surface area contributed by atoms with Crippen molar-refractivity contribution in [3.63, 3.8) is 0 Å². The molecule has 3 nitrogen and oxygen atoms in total. The van der Waals surface area contributed by atoms with Crippen LogP contribution in [-0.4, -0.2) is 9.55 Å². The Hall–Kier alpha value is -0.560. The maximum Gasteiger partial charge on any atom is 0.128 e. The van der Waals surface area contributed by atoms with E-state index in [0.717, 1.165) is 29.1 Å². The molecule has 0 saturated carbocycles. The smallest absolute Gasteiger partial charge is 0.128 e. The molecule has 2 aromatic rings. The van der Waals surface area contributed by atoms with Crippen molar-refractivity contribution in [3.8, 4) is 0 Å². The van der Waals surface area contributed by atoms with Gasteiger partial charge >= 0.3 is 0 Å². The highest BCUT2D eigenvalue weighted by Crippen LogP contribution is 2.22. The lowest BCUT2D eigenvalue weighted by atomic mass is 10.3. The summed E-state index contributed by atoms with van der Waals surface area (Å²) in [6.45, 7) is 3.82. The van der Waals surface area contributed by atoms with Gasteiger partial charge in [0, 0.05) is 32.7 Å². The Kier molecular flexibility index (Phi) is 4.44. The highest BCUT2D eigenvalue weighted by Gasteiger charge is 2.02. The summed E-state index contributed by atoms with van der Waals surface area (Å²) in [7, 11) is 0. The highest BCUT2D eigenvalue weighted by molar-refractivity contribution is 14.1. The topological polar surface area (TPSA) is 29.9 Å². The Morgan fingerprint density at radius 3 is 3.00 bits per heavy atom. The lowest BCUT2D eigenvalue weighted by Crippen LogP contribution is -2.07. The van der Waals surface area contributed by atoms with Crippen LogP contribution in [0.25, 0.3) is 0 Å².